The van der Waals surface area contributed by atoms with Gasteiger partial charge in [-0.3, -0.25) is 4.79 Å². The Bertz CT molecular complexity index is 840. The van der Waals surface area contributed by atoms with Crippen molar-refractivity contribution in [1.29, 1.82) is 0 Å². The Balaban J connectivity index is 1.55. The zero-order chi connectivity index (χ0) is 16.6. The number of nitrogens with zero attached hydrogens (tertiary/aromatic N) is 3. The van der Waals surface area contributed by atoms with Crippen LogP contribution in [0.1, 0.15) is 36.8 Å². The zero-order valence-corrected chi connectivity index (χ0v) is 14.0. The van der Waals surface area contributed by atoms with Crippen LogP contribution in [0.25, 0.3) is 11.4 Å². The lowest BCUT2D eigenvalue weighted by Crippen LogP contribution is -2.37. The van der Waals surface area contributed by atoms with E-state index in [4.69, 9.17) is 0 Å². The molecule has 1 aromatic carbocycles. The lowest BCUT2D eigenvalue weighted by Gasteiger charge is -2.21. The summed E-state index contributed by atoms with van der Waals surface area (Å²) in [5.74, 6) is 0.482. The number of aromatic nitrogens is 4. The molecule has 0 aliphatic heterocycles. The first-order valence-electron chi connectivity index (χ1n) is 7.86. The van der Waals surface area contributed by atoms with Gasteiger partial charge in [-0.2, -0.15) is 16.6 Å². The van der Waals surface area contributed by atoms with Crippen molar-refractivity contribution in [2.75, 3.05) is 0 Å². The first-order valence-corrected chi connectivity index (χ1v) is 8.81. The van der Waals surface area contributed by atoms with Crippen molar-refractivity contribution in [3.05, 3.63) is 52.2 Å². The Morgan fingerprint density at radius 3 is 2.92 bits per heavy atom. The Hall–Kier alpha value is -2.54. The van der Waals surface area contributed by atoms with Crippen molar-refractivity contribution in [1.82, 2.24) is 25.9 Å². The number of aromatic amines is 1. The van der Waals surface area contributed by atoms with Gasteiger partial charge in [-0.15, -0.1) is 10.2 Å². The van der Waals surface area contributed by atoms with Crippen LogP contribution >= 0.6 is 11.3 Å². The highest BCUT2D eigenvalue weighted by Gasteiger charge is 2.46. The van der Waals surface area contributed by atoms with Crippen LogP contribution < -0.4 is 5.32 Å². The van der Waals surface area contributed by atoms with E-state index in [9.17, 15) is 4.79 Å². The number of carbonyl (C=O) groups is 1. The summed E-state index contributed by atoms with van der Waals surface area (Å²) in [4.78, 5) is 12.6. The molecule has 0 saturated heterocycles. The molecule has 2 N–H and O–H groups in total. The van der Waals surface area contributed by atoms with Crippen molar-refractivity contribution < 1.29 is 4.79 Å². The Kier molecular flexibility index (Phi) is 3.65. The molecule has 1 unspecified atom stereocenters. The smallest absolute Gasteiger partial charge is 0.227 e. The summed E-state index contributed by atoms with van der Waals surface area (Å²) in [7, 11) is 0. The van der Waals surface area contributed by atoms with Gasteiger partial charge >= 0.3 is 0 Å². The predicted molar refractivity (Wildman–Crippen MR) is 91.4 cm³/mol. The molecular formula is C17H17N5OS. The third kappa shape index (κ3) is 2.71. The fourth-order valence-corrected chi connectivity index (χ4v) is 3.62. The average molecular weight is 339 g/mol. The number of amides is 1. The minimum absolute atomic E-state index is 0.0656. The maximum Gasteiger partial charge on any atom is 0.227 e. The number of benzene rings is 1. The maximum atomic E-state index is 12.6. The van der Waals surface area contributed by atoms with Gasteiger partial charge in [-0.25, -0.2) is 0 Å². The van der Waals surface area contributed by atoms with Crippen LogP contribution in [0.3, 0.4) is 0 Å². The molecule has 122 valence electrons. The lowest BCUT2D eigenvalue weighted by molar-refractivity contribution is -0.123. The van der Waals surface area contributed by atoms with Crippen molar-refractivity contribution in [2.45, 2.75) is 31.2 Å². The predicted octanol–water partition coefficient (Wildman–Crippen LogP) is 2.84. The van der Waals surface area contributed by atoms with Crippen LogP contribution in [0.5, 0.6) is 0 Å². The summed E-state index contributed by atoms with van der Waals surface area (Å²) >= 11 is 1.61. The van der Waals surface area contributed by atoms with Crippen LogP contribution in [-0.4, -0.2) is 26.5 Å². The molecule has 1 aliphatic rings. The van der Waals surface area contributed by atoms with Gasteiger partial charge < -0.3 is 5.32 Å². The van der Waals surface area contributed by atoms with Gasteiger partial charge in [0, 0.05) is 5.56 Å². The van der Waals surface area contributed by atoms with E-state index in [1.165, 1.54) is 0 Å². The number of H-pyrrole nitrogens is 1. The number of carbonyl (C=O) groups excluding carboxylic acids is 1. The molecular weight excluding hydrogens is 322 g/mol. The van der Waals surface area contributed by atoms with Crippen LogP contribution in [0.4, 0.5) is 0 Å². The normalized spacial score (nSPS) is 16.5. The van der Waals surface area contributed by atoms with Gasteiger partial charge in [0.2, 0.25) is 11.7 Å². The lowest BCUT2D eigenvalue weighted by atomic mass is 9.99. The molecule has 0 radical (unpaired) electrons. The molecule has 0 spiro atoms. The molecule has 2 heterocycles. The fourth-order valence-electron chi connectivity index (χ4n) is 2.87. The highest BCUT2D eigenvalue weighted by atomic mass is 32.1. The number of thiophene rings is 1. The largest absolute Gasteiger partial charge is 0.346 e. The van der Waals surface area contributed by atoms with Crippen LogP contribution in [0.15, 0.2) is 41.1 Å². The van der Waals surface area contributed by atoms with E-state index in [0.29, 0.717) is 5.82 Å². The monoisotopic (exact) mass is 339 g/mol. The van der Waals surface area contributed by atoms with Gasteiger partial charge in [0.15, 0.2) is 0 Å². The molecule has 1 aliphatic carbocycles. The SMILES string of the molecule is CC(C(=O)NC1(c2cccc(-c3nn[nH]n3)c2)CC1)c1ccsc1. The first-order chi connectivity index (χ1) is 11.7. The molecule has 24 heavy (non-hydrogen) atoms. The molecule has 0 bridgehead atoms. The molecule has 6 nitrogen and oxygen atoms in total. The maximum absolute atomic E-state index is 12.6. The minimum Gasteiger partial charge on any atom is -0.346 e. The molecule has 3 aromatic rings. The molecule has 1 saturated carbocycles. The molecule has 2 aromatic heterocycles. The topological polar surface area (TPSA) is 83.6 Å². The van der Waals surface area contributed by atoms with E-state index < -0.39 is 0 Å². The summed E-state index contributed by atoms with van der Waals surface area (Å²) in [6.45, 7) is 1.95. The van der Waals surface area contributed by atoms with E-state index in [-0.39, 0.29) is 17.4 Å². The Morgan fingerprint density at radius 2 is 2.25 bits per heavy atom. The Labute approximate surface area is 143 Å². The quantitative estimate of drug-likeness (QED) is 0.749. The van der Waals surface area contributed by atoms with Crippen LogP contribution in [-0.2, 0) is 10.3 Å². The van der Waals surface area contributed by atoms with Crippen molar-refractivity contribution in [3.8, 4) is 11.4 Å². The third-order valence-corrected chi connectivity index (χ3v) is 5.27. The van der Waals surface area contributed by atoms with Gasteiger partial charge in [0.1, 0.15) is 0 Å². The van der Waals surface area contributed by atoms with Crippen molar-refractivity contribution in [3.63, 3.8) is 0 Å². The van der Waals surface area contributed by atoms with Gasteiger partial charge in [0.05, 0.1) is 11.5 Å². The zero-order valence-electron chi connectivity index (χ0n) is 13.2. The van der Waals surface area contributed by atoms with E-state index in [0.717, 1.165) is 29.5 Å². The summed E-state index contributed by atoms with van der Waals surface area (Å²) in [6, 6.07) is 10.0. The van der Waals surface area contributed by atoms with E-state index in [2.05, 4.69) is 25.9 Å². The Morgan fingerprint density at radius 1 is 1.38 bits per heavy atom. The van der Waals surface area contributed by atoms with Gasteiger partial charge in [0.25, 0.3) is 0 Å². The minimum atomic E-state index is -0.263. The highest BCUT2D eigenvalue weighted by Crippen LogP contribution is 2.46. The summed E-state index contributed by atoms with van der Waals surface area (Å²) < 4.78 is 0. The summed E-state index contributed by atoms with van der Waals surface area (Å²) in [5, 5.41) is 21.4. The summed E-state index contributed by atoms with van der Waals surface area (Å²) in [6.07, 6.45) is 1.90. The first kappa shape index (κ1) is 15.0. The standard InChI is InChI=1S/C17H17N5OS/c1-11(13-5-8-24-10-13)16(23)18-17(6-7-17)14-4-2-3-12(9-14)15-19-21-22-20-15/h2-5,8-11H,6-7H2,1H3,(H,18,23)(H,19,20,21,22). The van der Waals surface area contributed by atoms with E-state index in [1.807, 2.05) is 48.0 Å². The average Bonchev–Trinajstić information content (AvgIpc) is 3.04. The number of nitrogens with one attached hydrogen (secondary N) is 2. The van der Waals surface area contributed by atoms with Crippen molar-refractivity contribution in [2.24, 2.45) is 0 Å². The number of rotatable bonds is 5. The second-order valence-electron chi connectivity index (χ2n) is 6.17. The van der Waals surface area contributed by atoms with E-state index in [1.54, 1.807) is 11.3 Å². The fraction of sp³-hybridized carbons (Fsp3) is 0.294. The second kappa shape index (κ2) is 5.83. The third-order valence-electron chi connectivity index (χ3n) is 4.57. The van der Waals surface area contributed by atoms with Crippen LogP contribution in [0, 0.1) is 0 Å². The molecule has 4 rings (SSSR count). The highest BCUT2D eigenvalue weighted by molar-refractivity contribution is 7.08. The number of hydrogen-bond acceptors (Lipinski definition) is 5. The van der Waals surface area contributed by atoms with E-state index >= 15 is 0 Å². The van der Waals surface area contributed by atoms with Crippen LogP contribution in [0.2, 0.25) is 0 Å². The molecule has 1 amide bonds. The van der Waals surface area contributed by atoms with Gasteiger partial charge in [-0.1, -0.05) is 18.2 Å². The number of hydrogen-bond donors (Lipinski definition) is 2. The molecule has 7 heteroatoms. The summed E-state index contributed by atoms with van der Waals surface area (Å²) in [5.41, 5.74) is 2.79. The van der Waals surface area contributed by atoms with Crippen molar-refractivity contribution >= 4 is 17.2 Å². The molecule has 1 fully saturated rings. The molecule has 1 atom stereocenters. The second-order valence-corrected chi connectivity index (χ2v) is 6.95. The van der Waals surface area contributed by atoms with Gasteiger partial charge in [-0.05, 0) is 59.0 Å². The number of tetrazole rings is 1.